The van der Waals surface area contributed by atoms with Crippen molar-refractivity contribution >= 4 is 11.7 Å². The Hall–Kier alpha value is -1.72. The largest absolute Gasteiger partial charge is 0.340 e. The highest BCUT2D eigenvalue weighted by Gasteiger charge is 2.28. The Bertz CT molecular complexity index is 347. The average molecular weight is 195 g/mol. The Morgan fingerprint density at radius 3 is 2.93 bits per heavy atom. The molecule has 0 aromatic carbocycles. The van der Waals surface area contributed by atoms with Crippen LogP contribution >= 0.6 is 0 Å². The van der Waals surface area contributed by atoms with Crippen LogP contribution in [0.25, 0.3) is 0 Å². The molecule has 0 radical (unpaired) electrons. The fourth-order valence-electron chi connectivity index (χ4n) is 1.37. The highest BCUT2D eigenvalue weighted by atomic mass is 16.5. The second-order valence-corrected chi connectivity index (χ2v) is 3.05. The summed E-state index contributed by atoms with van der Waals surface area (Å²) in [6.07, 6.45) is 2.13. The molecule has 6 heteroatoms. The van der Waals surface area contributed by atoms with Crippen molar-refractivity contribution in [3.05, 3.63) is 12.2 Å². The monoisotopic (exact) mass is 195 g/mol. The third kappa shape index (κ3) is 1.63. The van der Waals surface area contributed by atoms with Gasteiger partial charge in [-0.25, -0.2) is 0 Å². The van der Waals surface area contributed by atoms with E-state index in [1.54, 1.807) is 0 Å². The van der Waals surface area contributed by atoms with Gasteiger partial charge in [0.05, 0.1) is 0 Å². The van der Waals surface area contributed by atoms with Crippen LogP contribution in [0.15, 0.2) is 10.9 Å². The topological polar surface area (TPSA) is 76.3 Å². The number of aromatic nitrogens is 2. The van der Waals surface area contributed by atoms with E-state index in [0.717, 1.165) is 0 Å². The Kier molecular flexibility index (Phi) is 2.26. The van der Waals surface area contributed by atoms with E-state index in [1.165, 1.54) is 11.2 Å². The first-order valence-corrected chi connectivity index (χ1v) is 4.35. The number of hydrogen-bond donors (Lipinski definition) is 0. The number of rotatable bonds is 3. The summed E-state index contributed by atoms with van der Waals surface area (Å²) in [6.45, 7) is 0.971. The van der Waals surface area contributed by atoms with Gasteiger partial charge < -0.3 is 9.42 Å². The number of carbonyl (C=O) groups is 2. The lowest BCUT2D eigenvalue weighted by Crippen LogP contribution is -2.29. The van der Waals surface area contributed by atoms with Crippen molar-refractivity contribution in [3.8, 4) is 0 Å². The Morgan fingerprint density at radius 2 is 2.36 bits per heavy atom. The molecule has 74 valence electrons. The van der Waals surface area contributed by atoms with Gasteiger partial charge in [-0.1, -0.05) is 5.16 Å². The van der Waals surface area contributed by atoms with E-state index in [4.69, 9.17) is 4.52 Å². The molecule has 1 aliphatic heterocycles. The number of ketones is 1. The molecule has 0 saturated carbocycles. The first kappa shape index (κ1) is 8.86. The molecule has 0 atom stereocenters. The Morgan fingerprint density at radius 1 is 1.50 bits per heavy atom. The normalized spacial score (nSPS) is 16.7. The van der Waals surface area contributed by atoms with Crippen molar-refractivity contribution in [2.24, 2.45) is 0 Å². The minimum Gasteiger partial charge on any atom is -0.340 e. The molecule has 1 aliphatic rings. The van der Waals surface area contributed by atoms with Crippen molar-refractivity contribution in [1.29, 1.82) is 0 Å². The molecule has 6 nitrogen and oxygen atoms in total. The van der Waals surface area contributed by atoms with E-state index in [0.29, 0.717) is 31.8 Å². The molecule has 14 heavy (non-hydrogen) atoms. The SMILES string of the molecule is O=C1CCN(CCc2ncno2)C1=O. The molecule has 0 spiro atoms. The summed E-state index contributed by atoms with van der Waals surface area (Å²) in [5.41, 5.74) is 0. The van der Waals surface area contributed by atoms with Gasteiger partial charge in [-0.05, 0) is 0 Å². The number of likely N-dealkylation sites (tertiary alicyclic amines) is 1. The van der Waals surface area contributed by atoms with E-state index < -0.39 is 5.91 Å². The van der Waals surface area contributed by atoms with Crippen LogP contribution in [0.3, 0.4) is 0 Å². The van der Waals surface area contributed by atoms with Crippen molar-refractivity contribution < 1.29 is 14.1 Å². The van der Waals surface area contributed by atoms with Crippen LogP contribution < -0.4 is 0 Å². The smallest absolute Gasteiger partial charge is 0.290 e. The molecule has 1 aromatic rings. The van der Waals surface area contributed by atoms with Crippen LogP contribution in [-0.2, 0) is 16.0 Å². The fourth-order valence-corrected chi connectivity index (χ4v) is 1.37. The van der Waals surface area contributed by atoms with Gasteiger partial charge in [0.2, 0.25) is 11.7 Å². The molecule has 0 N–H and O–H groups in total. The summed E-state index contributed by atoms with van der Waals surface area (Å²) in [4.78, 5) is 27.4. The maximum atomic E-state index is 11.2. The fraction of sp³-hybridized carbons (Fsp3) is 0.500. The van der Waals surface area contributed by atoms with Crippen molar-refractivity contribution in [2.45, 2.75) is 12.8 Å². The maximum Gasteiger partial charge on any atom is 0.290 e. The lowest BCUT2D eigenvalue weighted by molar-refractivity contribution is -0.139. The predicted molar refractivity (Wildman–Crippen MR) is 44.2 cm³/mol. The first-order valence-electron chi connectivity index (χ1n) is 4.35. The van der Waals surface area contributed by atoms with E-state index in [1.807, 2.05) is 0 Å². The minimum atomic E-state index is -0.399. The van der Waals surface area contributed by atoms with Crippen LogP contribution in [0.5, 0.6) is 0 Å². The first-order chi connectivity index (χ1) is 6.77. The quantitative estimate of drug-likeness (QED) is 0.603. The highest BCUT2D eigenvalue weighted by molar-refractivity contribution is 6.37. The Balaban J connectivity index is 1.87. The average Bonchev–Trinajstić information content (AvgIpc) is 2.77. The zero-order valence-electron chi connectivity index (χ0n) is 7.47. The summed E-state index contributed by atoms with van der Waals surface area (Å²) in [6, 6.07) is 0. The molecular weight excluding hydrogens is 186 g/mol. The number of Topliss-reactive ketones (excluding diaryl/α,β-unsaturated/α-hetero) is 1. The van der Waals surface area contributed by atoms with Crippen LogP contribution in [-0.4, -0.2) is 39.8 Å². The van der Waals surface area contributed by atoms with Gasteiger partial charge in [-0.15, -0.1) is 0 Å². The maximum absolute atomic E-state index is 11.2. The van der Waals surface area contributed by atoms with E-state index in [9.17, 15) is 9.59 Å². The van der Waals surface area contributed by atoms with Crippen LogP contribution in [0, 0.1) is 0 Å². The molecule has 0 unspecified atom stereocenters. The molecule has 0 aliphatic carbocycles. The van der Waals surface area contributed by atoms with E-state index >= 15 is 0 Å². The summed E-state index contributed by atoms with van der Waals surface area (Å²) in [5, 5.41) is 3.44. The second-order valence-electron chi connectivity index (χ2n) is 3.05. The lowest BCUT2D eigenvalue weighted by Gasteiger charge is -2.11. The molecule has 1 aromatic heterocycles. The van der Waals surface area contributed by atoms with Gasteiger partial charge in [0.15, 0.2) is 6.33 Å². The third-order valence-corrected chi connectivity index (χ3v) is 2.14. The summed E-state index contributed by atoms with van der Waals surface area (Å²) in [5.74, 6) is -0.225. The van der Waals surface area contributed by atoms with E-state index in [2.05, 4.69) is 10.1 Å². The van der Waals surface area contributed by atoms with Crippen molar-refractivity contribution in [2.75, 3.05) is 13.1 Å². The zero-order valence-corrected chi connectivity index (χ0v) is 7.47. The van der Waals surface area contributed by atoms with Gasteiger partial charge in [-0.3, -0.25) is 9.59 Å². The van der Waals surface area contributed by atoms with Crippen LogP contribution in [0.2, 0.25) is 0 Å². The molecule has 0 bridgehead atoms. The van der Waals surface area contributed by atoms with Crippen molar-refractivity contribution in [1.82, 2.24) is 15.0 Å². The van der Waals surface area contributed by atoms with Gasteiger partial charge in [0, 0.05) is 25.9 Å². The molecule has 1 saturated heterocycles. The summed E-state index contributed by atoms with van der Waals surface area (Å²) in [7, 11) is 0. The zero-order chi connectivity index (χ0) is 9.97. The van der Waals surface area contributed by atoms with Gasteiger partial charge in [0.1, 0.15) is 0 Å². The standard InChI is InChI=1S/C8H9N3O3/c12-6-1-3-11(8(6)13)4-2-7-9-5-10-14-7/h5H,1-4H2. The number of hydrogen-bond acceptors (Lipinski definition) is 5. The molecule has 1 amide bonds. The number of carbonyl (C=O) groups excluding carboxylic acids is 2. The minimum absolute atomic E-state index is 0.310. The van der Waals surface area contributed by atoms with Crippen LogP contribution in [0.4, 0.5) is 0 Å². The van der Waals surface area contributed by atoms with Crippen molar-refractivity contribution in [3.63, 3.8) is 0 Å². The molecule has 1 fully saturated rings. The van der Waals surface area contributed by atoms with Crippen LogP contribution in [0.1, 0.15) is 12.3 Å². The lowest BCUT2D eigenvalue weighted by atomic mass is 10.3. The summed E-state index contributed by atoms with van der Waals surface area (Å²) >= 11 is 0. The molecule has 2 rings (SSSR count). The number of amides is 1. The second kappa shape index (κ2) is 3.57. The van der Waals surface area contributed by atoms with Gasteiger partial charge >= 0.3 is 0 Å². The molecule has 2 heterocycles. The van der Waals surface area contributed by atoms with E-state index in [-0.39, 0.29) is 5.78 Å². The Labute approximate surface area is 79.9 Å². The molecular formula is C8H9N3O3. The van der Waals surface area contributed by atoms with Gasteiger partial charge in [0.25, 0.3) is 5.91 Å². The third-order valence-electron chi connectivity index (χ3n) is 2.14. The van der Waals surface area contributed by atoms with Gasteiger partial charge in [-0.2, -0.15) is 4.98 Å². The summed E-state index contributed by atoms with van der Waals surface area (Å²) < 4.78 is 4.77. The highest BCUT2D eigenvalue weighted by Crippen LogP contribution is 2.07. The number of nitrogens with zero attached hydrogens (tertiary/aromatic N) is 3. The predicted octanol–water partition coefficient (Wildman–Crippen LogP) is -0.587.